The van der Waals surface area contributed by atoms with Crippen LogP contribution >= 0.6 is 0 Å². The van der Waals surface area contributed by atoms with Crippen LogP contribution in [0.2, 0.25) is 0 Å². The summed E-state index contributed by atoms with van der Waals surface area (Å²) in [6, 6.07) is 0.138. The highest BCUT2D eigenvalue weighted by atomic mass is 16.2. The first kappa shape index (κ1) is 11.9. The predicted molar refractivity (Wildman–Crippen MR) is 55.5 cm³/mol. The highest BCUT2D eigenvalue weighted by Gasteiger charge is 2.27. The molecule has 6 nitrogen and oxygen atoms in total. The highest BCUT2D eigenvalue weighted by molar-refractivity contribution is 5.81. The standard InChI is InChI=1S/C9H18N4O2/c1-6-3-13(4-8(6)10)5-9(15)12-11-7(2)14/h6,8H,3-5,10H2,1-2H3,(H,11,14)(H,12,15). The van der Waals surface area contributed by atoms with Crippen molar-refractivity contribution >= 4 is 11.8 Å². The topological polar surface area (TPSA) is 87.5 Å². The van der Waals surface area contributed by atoms with Crippen molar-refractivity contribution in [3.8, 4) is 0 Å². The van der Waals surface area contributed by atoms with E-state index in [0.29, 0.717) is 5.92 Å². The Morgan fingerprint density at radius 1 is 1.40 bits per heavy atom. The zero-order chi connectivity index (χ0) is 11.4. The molecule has 0 aromatic heterocycles. The molecular weight excluding hydrogens is 196 g/mol. The van der Waals surface area contributed by atoms with Crippen molar-refractivity contribution in [2.24, 2.45) is 11.7 Å². The summed E-state index contributed by atoms with van der Waals surface area (Å²) in [6.07, 6.45) is 0. The summed E-state index contributed by atoms with van der Waals surface area (Å²) in [5.74, 6) is -0.0834. The molecule has 0 spiro atoms. The SMILES string of the molecule is CC(=O)NNC(=O)CN1CC(C)C(N)C1. The van der Waals surface area contributed by atoms with Crippen molar-refractivity contribution in [2.75, 3.05) is 19.6 Å². The van der Waals surface area contributed by atoms with Gasteiger partial charge in [0.15, 0.2) is 0 Å². The summed E-state index contributed by atoms with van der Waals surface area (Å²) in [7, 11) is 0. The lowest BCUT2D eigenvalue weighted by Gasteiger charge is -2.14. The summed E-state index contributed by atoms with van der Waals surface area (Å²) in [5.41, 5.74) is 10.4. The van der Waals surface area contributed by atoms with Gasteiger partial charge in [-0.25, -0.2) is 0 Å². The van der Waals surface area contributed by atoms with Crippen molar-refractivity contribution in [2.45, 2.75) is 19.9 Å². The molecule has 0 aromatic rings. The Morgan fingerprint density at radius 2 is 2.07 bits per heavy atom. The third-order valence-electron chi connectivity index (χ3n) is 2.49. The maximum atomic E-state index is 11.3. The van der Waals surface area contributed by atoms with Gasteiger partial charge in [0, 0.05) is 26.1 Å². The molecule has 6 heteroatoms. The Labute approximate surface area is 89.1 Å². The second kappa shape index (κ2) is 5.09. The molecule has 1 heterocycles. The van der Waals surface area contributed by atoms with Crippen LogP contribution < -0.4 is 16.6 Å². The lowest BCUT2D eigenvalue weighted by Crippen LogP contribution is -2.45. The van der Waals surface area contributed by atoms with Gasteiger partial charge in [0.2, 0.25) is 5.91 Å². The summed E-state index contributed by atoms with van der Waals surface area (Å²) in [4.78, 5) is 23.8. The van der Waals surface area contributed by atoms with E-state index in [0.717, 1.165) is 13.1 Å². The lowest BCUT2D eigenvalue weighted by molar-refractivity contribution is -0.128. The highest BCUT2D eigenvalue weighted by Crippen LogP contribution is 2.13. The smallest absolute Gasteiger partial charge is 0.252 e. The van der Waals surface area contributed by atoms with E-state index in [2.05, 4.69) is 17.8 Å². The van der Waals surface area contributed by atoms with Gasteiger partial charge in [-0.3, -0.25) is 25.3 Å². The molecule has 86 valence electrons. The molecule has 2 unspecified atom stereocenters. The summed E-state index contributed by atoms with van der Waals surface area (Å²) >= 11 is 0. The Hall–Kier alpha value is -1.14. The number of hydrazine groups is 1. The quantitative estimate of drug-likeness (QED) is 0.485. The predicted octanol–water partition coefficient (Wildman–Crippen LogP) is -1.57. The van der Waals surface area contributed by atoms with Crippen LogP contribution in [0.25, 0.3) is 0 Å². The molecule has 2 amide bonds. The molecule has 0 saturated carbocycles. The molecular formula is C9H18N4O2. The molecule has 0 aliphatic carbocycles. The number of hydrogen-bond donors (Lipinski definition) is 3. The molecule has 4 N–H and O–H groups in total. The number of rotatable bonds is 2. The van der Waals surface area contributed by atoms with Gasteiger partial charge < -0.3 is 5.73 Å². The minimum atomic E-state index is -0.283. The molecule has 0 radical (unpaired) electrons. The summed E-state index contributed by atoms with van der Waals surface area (Å²) < 4.78 is 0. The van der Waals surface area contributed by atoms with Gasteiger partial charge >= 0.3 is 0 Å². The van der Waals surface area contributed by atoms with Gasteiger partial charge in [0.1, 0.15) is 0 Å². The summed E-state index contributed by atoms with van der Waals surface area (Å²) in [5, 5.41) is 0. The van der Waals surface area contributed by atoms with Crippen molar-refractivity contribution in [3.05, 3.63) is 0 Å². The molecule has 15 heavy (non-hydrogen) atoms. The van der Waals surface area contributed by atoms with Crippen molar-refractivity contribution < 1.29 is 9.59 Å². The average molecular weight is 214 g/mol. The Morgan fingerprint density at radius 3 is 2.53 bits per heavy atom. The molecule has 2 atom stereocenters. The first-order chi connectivity index (χ1) is 6.99. The maximum Gasteiger partial charge on any atom is 0.252 e. The van der Waals surface area contributed by atoms with E-state index < -0.39 is 0 Å². The van der Waals surface area contributed by atoms with E-state index in [-0.39, 0.29) is 24.4 Å². The average Bonchev–Trinajstić information content (AvgIpc) is 2.42. The Kier molecular flexibility index (Phi) is 4.05. The van der Waals surface area contributed by atoms with Crippen molar-refractivity contribution in [1.29, 1.82) is 0 Å². The zero-order valence-corrected chi connectivity index (χ0v) is 9.12. The minimum absolute atomic E-state index is 0.138. The minimum Gasteiger partial charge on any atom is -0.326 e. The van der Waals surface area contributed by atoms with Crippen LogP contribution in [-0.4, -0.2) is 42.4 Å². The first-order valence-electron chi connectivity index (χ1n) is 5.02. The van der Waals surface area contributed by atoms with Crippen LogP contribution in [0.1, 0.15) is 13.8 Å². The fourth-order valence-electron chi connectivity index (χ4n) is 1.62. The molecule has 1 aliphatic heterocycles. The van der Waals surface area contributed by atoms with Crippen molar-refractivity contribution in [3.63, 3.8) is 0 Å². The van der Waals surface area contributed by atoms with Gasteiger partial charge in [0.05, 0.1) is 6.54 Å². The third kappa shape index (κ3) is 3.85. The number of amides is 2. The van der Waals surface area contributed by atoms with Crippen LogP contribution in [-0.2, 0) is 9.59 Å². The second-order valence-electron chi connectivity index (χ2n) is 4.06. The number of hydrogen-bond acceptors (Lipinski definition) is 4. The van der Waals surface area contributed by atoms with E-state index in [1.165, 1.54) is 6.92 Å². The Bertz CT molecular complexity index is 246. The molecule has 0 aromatic carbocycles. The van der Waals surface area contributed by atoms with Crippen LogP contribution in [0.15, 0.2) is 0 Å². The van der Waals surface area contributed by atoms with E-state index >= 15 is 0 Å². The maximum absolute atomic E-state index is 11.3. The van der Waals surface area contributed by atoms with Crippen molar-refractivity contribution in [1.82, 2.24) is 15.8 Å². The van der Waals surface area contributed by atoms with E-state index in [4.69, 9.17) is 5.73 Å². The van der Waals surface area contributed by atoms with Crippen LogP contribution in [0.3, 0.4) is 0 Å². The van der Waals surface area contributed by atoms with E-state index in [1.807, 2.05) is 4.90 Å². The van der Waals surface area contributed by atoms with Gasteiger partial charge in [-0.15, -0.1) is 0 Å². The number of carbonyl (C=O) groups is 2. The van der Waals surface area contributed by atoms with Crippen LogP contribution in [0, 0.1) is 5.92 Å². The largest absolute Gasteiger partial charge is 0.326 e. The number of likely N-dealkylation sites (tertiary alicyclic amines) is 1. The molecule has 0 bridgehead atoms. The third-order valence-corrected chi connectivity index (χ3v) is 2.49. The zero-order valence-electron chi connectivity index (χ0n) is 9.12. The molecule has 1 fully saturated rings. The number of nitrogens with one attached hydrogen (secondary N) is 2. The number of nitrogens with zero attached hydrogens (tertiary/aromatic N) is 1. The monoisotopic (exact) mass is 214 g/mol. The van der Waals surface area contributed by atoms with Crippen LogP contribution in [0.4, 0.5) is 0 Å². The first-order valence-corrected chi connectivity index (χ1v) is 5.02. The molecule has 1 aliphatic rings. The van der Waals surface area contributed by atoms with E-state index in [9.17, 15) is 9.59 Å². The molecule has 1 saturated heterocycles. The van der Waals surface area contributed by atoms with Gasteiger partial charge in [0.25, 0.3) is 5.91 Å². The van der Waals surface area contributed by atoms with Gasteiger partial charge in [-0.2, -0.15) is 0 Å². The number of nitrogens with two attached hydrogens (primary N) is 1. The Balaban J connectivity index is 2.24. The van der Waals surface area contributed by atoms with Gasteiger partial charge in [-0.05, 0) is 5.92 Å². The second-order valence-corrected chi connectivity index (χ2v) is 4.06. The molecule has 1 rings (SSSR count). The van der Waals surface area contributed by atoms with Gasteiger partial charge in [-0.1, -0.05) is 6.92 Å². The van der Waals surface area contributed by atoms with E-state index in [1.54, 1.807) is 0 Å². The number of carbonyl (C=O) groups excluding carboxylic acids is 2. The van der Waals surface area contributed by atoms with Crippen LogP contribution in [0.5, 0.6) is 0 Å². The fraction of sp³-hybridized carbons (Fsp3) is 0.778. The fourth-order valence-corrected chi connectivity index (χ4v) is 1.62. The normalized spacial score (nSPS) is 26.3. The summed E-state index contributed by atoms with van der Waals surface area (Å²) in [6.45, 7) is 5.24. The lowest BCUT2D eigenvalue weighted by atomic mass is 10.1.